The van der Waals surface area contributed by atoms with Crippen molar-refractivity contribution in [3.05, 3.63) is 46.4 Å². The molecule has 1 aliphatic rings. The van der Waals surface area contributed by atoms with Crippen LogP contribution in [0, 0.1) is 0 Å². The number of thioether (sulfide) groups is 1. The van der Waals surface area contributed by atoms with Gasteiger partial charge in [-0.2, -0.15) is 0 Å². The molecule has 4 rings (SSSR count). The van der Waals surface area contributed by atoms with Crippen LogP contribution >= 0.6 is 34.4 Å². The van der Waals surface area contributed by atoms with Gasteiger partial charge in [-0.25, -0.2) is 4.98 Å². The summed E-state index contributed by atoms with van der Waals surface area (Å²) in [5.41, 5.74) is 1.76. The van der Waals surface area contributed by atoms with Crippen molar-refractivity contribution >= 4 is 51.2 Å². The molecule has 2 aromatic heterocycles. The second-order valence-corrected chi connectivity index (χ2v) is 9.18. The lowest BCUT2D eigenvalue weighted by Crippen LogP contribution is -2.36. The number of anilines is 2. The van der Waals surface area contributed by atoms with E-state index in [1.807, 2.05) is 35.7 Å². The van der Waals surface area contributed by atoms with Gasteiger partial charge in [-0.05, 0) is 12.1 Å². The zero-order valence-electron chi connectivity index (χ0n) is 15.0. The Balaban J connectivity index is 1.27. The number of rotatable bonds is 7. The van der Waals surface area contributed by atoms with Crippen LogP contribution < -0.4 is 10.2 Å². The van der Waals surface area contributed by atoms with Crippen LogP contribution in [0.1, 0.15) is 10.7 Å². The number of hydrogen-bond acceptors (Lipinski definition) is 9. The van der Waals surface area contributed by atoms with Crippen LogP contribution in [0.15, 0.2) is 40.1 Å². The summed E-state index contributed by atoms with van der Waals surface area (Å²) in [5, 5.41) is 15.2. The summed E-state index contributed by atoms with van der Waals surface area (Å²) in [7, 11) is 0. The fourth-order valence-electron chi connectivity index (χ4n) is 2.64. The molecule has 1 aliphatic heterocycles. The van der Waals surface area contributed by atoms with E-state index in [-0.39, 0.29) is 12.3 Å². The number of benzene rings is 1. The molecule has 0 unspecified atom stereocenters. The van der Waals surface area contributed by atoms with Gasteiger partial charge in [0.15, 0.2) is 4.34 Å². The molecule has 10 heteroatoms. The largest absolute Gasteiger partial charge is 0.378 e. The summed E-state index contributed by atoms with van der Waals surface area (Å²) in [6.45, 7) is 3.20. The summed E-state index contributed by atoms with van der Waals surface area (Å²) in [5.74, 6) is 0.660. The van der Waals surface area contributed by atoms with Crippen molar-refractivity contribution in [3.8, 4) is 0 Å². The Morgan fingerprint density at radius 1 is 1.21 bits per heavy atom. The Morgan fingerprint density at radius 3 is 2.86 bits per heavy atom. The van der Waals surface area contributed by atoms with E-state index < -0.39 is 0 Å². The van der Waals surface area contributed by atoms with Crippen LogP contribution in [0.25, 0.3) is 0 Å². The normalized spacial score (nSPS) is 14.2. The van der Waals surface area contributed by atoms with Crippen molar-refractivity contribution < 1.29 is 9.53 Å². The second-order valence-electron chi connectivity index (χ2n) is 6.06. The molecule has 0 atom stereocenters. The minimum absolute atomic E-state index is 0.0565. The maximum absolute atomic E-state index is 12.1. The molecule has 3 heterocycles. The number of carbonyl (C=O) groups excluding carboxylic acids is 1. The minimum atomic E-state index is -0.0565. The van der Waals surface area contributed by atoms with E-state index in [4.69, 9.17) is 4.74 Å². The van der Waals surface area contributed by atoms with Gasteiger partial charge in [0.1, 0.15) is 5.01 Å². The lowest BCUT2D eigenvalue weighted by atomic mass is 10.3. The van der Waals surface area contributed by atoms with Gasteiger partial charge in [0, 0.05) is 29.9 Å². The van der Waals surface area contributed by atoms with E-state index >= 15 is 0 Å². The number of aromatic nitrogens is 3. The summed E-state index contributed by atoms with van der Waals surface area (Å²) in [6, 6.07) is 9.45. The number of carbonyl (C=O) groups is 1. The van der Waals surface area contributed by atoms with Crippen molar-refractivity contribution in [2.45, 2.75) is 16.5 Å². The number of para-hydroxylation sites is 1. The summed E-state index contributed by atoms with van der Waals surface area (Å²) in [6.07, 6.45) is 0.282. The molecule has 1 saturated heterocycles. The summed E-state index contributed by atoms with van der Waals surface area (Å²) >= 11 is 4.74. The van der Waals surface area contributed by atoms with Crippen LogP contribution in [0.3, 0.4) is 0 Å². The first-order chi connectivity index (χ1) is 13.8. The highest BCUT2D eigenvalue weighted by Gasteiger charge is 2.16. The number of hydrogen-bond donors (Lipinski definition) is 1. The average molecular weight is 434 g/mol. The van der Waals surface area contributed by atoms with Crippen LogP contribution in [-0.2, 0) is 21.7 Å². The van der Waals surface area contributed by atoms with Crippen molar-refractivity contribution in [2.75, 3.05) is 36.5 Å². The first-order valence-corrected chi connectivity index (χ1v) is 11.5. The molecule has 1 fully saturated rings. The molecule has 1 amide bonds. The van der Waals surface area contributed by atoms with Gasteiger partial charge >= 0.3 is 0 Å². The van der Waals surface area contributed by atoms with E-state index in [1.54, 1.807) is 23.1 Å². The van der Waals surface area contributed by atoms with Crippen LogP contribution in [-0.4, -0.2) is 47.4 Å². The van der Waals surface area contributed by atoms with Crippen molar-refractivity contribution in [2.24, 2.45) is 0 Å². The minimum Gasteiger partial charge on any atom is -0.378 e. The van der Waals surface area contributed by atoms with Crippen LogP contribution in [0.4, 0.5) is 10.8 Å². The van der Waals surface area contributed by atoms with Crippen molar-refractivity contribution in [3.63, 3.8) is 0 Å². The number of amides is 1. The molecule has 0 spiro atoms. The molecule has 1 aromatic carbocycles. The zero-order valence-corrected chi connectivity index (χ0v) is 17.5. The number of nitrogens with zero attached hydrogens (tertiary/aromatic N) is 4. The van der Waals surface area contributed by atoms with E-state index in [0.29, 0.717) is 5.75 Å². The van der Waals surface area contributed by atoms with Gasteiger partial charge in [-0.15, -0.1) is 21.5 Å². The monoisotopic (exact) mass is 433 g/mol. The van der Waals surface area contributed by atoms with E-state index in [9.17, 15) is 4.79 Å². The average Bonchev–Trinajstić information content (AvgIpc) is 3.37. The smallest absolute Gasteiger partial charge is 0.231 e. The van der Waals surface area contributed by atoms with Gasteiger partial charge in [0.2, 0.25) is 11.0 Å². The predicted octanol–water partition coefficient (Wildman–Crippen LogP) is 3.30. The second kappa shape index (κ2) is 9.46. The highest BCUT2D eigenvalue weighted by molar-refractivity contribution is 8.00. The zero-order chi connectivity index (χ0) is 19.2. The van der Waals surface area contributed by atoms with E-state index in [2.05, 4.69) is 25.4 Å². The molecular formula is C18H19N5O2S3. The molecule has 3 aromatic rings. The molecule has 0 radical (unpaired) electrons. The Labute approximate surface area is 175 Å². The van der Waals surface area contributed by atoms with E-state index in [1.165, 1.54) is 11.3 Å². The van der Waals surface area contributed by atoms with Crippen LogP contribution in [0.5, 0.6) is 0 Å². The first kappa shape index (κ1) is 19.3. The maximum Gasteiger partial charge on any atom is 0.231 e. The fraction of sp³-hybridized carbons (Fsp3) is 0.333. The van der Waals surface area contributed by atoms with Gasteiger partial charge in [-0.3, -0.25) is 4.79 Å². The van der Waals surface area contributed by atoms with Gasteiger partial charge in [0.25, 0.3) is 0 Å². The number of ether oxygens (including phenoxy) is 1. The molecule has 0 aliphatic carbocycles. The summed E-state index contributed by atoms with van der Waals surface area (Å²) < 4.78 is 6.30. The first-order valence-electron chi connectivity index (χ1n) is 8.83. The Kier molecular flexibility index (Phi) is 6.53. The van der Waals surface area contributed by atoms with Gasteiger partial charge in [-0.1, -0.05) is 41.3 Å². The molecule has 146 valence electrons. The maximum atomic E-state index is 12.1. The third-order valence-corrected chi connectivity index (χ3v) is 7.04. The third kappa shape index (κ3) is 5.28. The van der Waals surface area contributed by atoms with Crippen molar-refractivity contribution in [1.29, 1.82) is 0 Å². The van der Waals surface area contributed by atoms with Gasteiger partial charge < -0.3 is 15.0 Å². The fourth-order valence-corrected chi connectivity index (χ4v) is 5.32. The number of morpholine rings is 1. The van der Waals surface area contributed by atoms with Crippen LogP contribution in [0.2, 0.25) is 0 Å². The molecule has 1 N–H and O–H groups in total. The third-order valence-electron chi connectivity index (χ3n) is 3.99. The Morgan fingerprint density at radius 2 is 2.04 bits per heavy atom. The highest BCUT2D eigenvalue weighted by atomic mass is 32.2. The molecule has 7 nitrogen and oxygen atoms in total. The Hall–Kier alpha value is -2.01. The lowest BCUT2D eigenvalue weighted by Gasteiger charge is -2.25. The Bertz CT molecular complexity index is 909. The van der Waals surface area contributed by atoms with E-state index in [0.717, 1.165) is 52.2 Å². The predicted molar refractivity (Wildman–Crippen MR) is 113 cm³/mol. The quantitative estimate of drug-likeness (QED) is 0.573. The highest BCUT2D eigenvalue weighted by Crippen LogP contribution is 2.30. The molecular weight excluding hydrogens is 414 g/mol. The standard InChI is InChI=1S/C18H19N5O2S3/c24-15(19-13-4-2-1-3-5-13)10-16-20-14(11-26-16)12-27-18-22-21-17(28-18)23-6-8-25-9-7-23/h1-5,11H,6-10,12H2,(H,19,24). The molecule has 0 bridgehead atoms. The number of thiazole rings is 1. The molecule has 28 heavy (non-hydrogen) atoms. The topological polar surface area (TPSA) is 80.2 Å². The van der Waals surface area contributed by atoms with Gasteiger partial charge in [0.05, 0.1) is 25.3 Å². The lowest BCUT2D eigenvalue weighted by molar-refractivity contribution is -0.115. The van der Waals surface area contributed by atoms with Crippen molar-refractivity contribution in [1.82, 2.24) is 15.2 Å². The SMILES string of the molecule is O=C(Cc1nc(CSc2nnc(N3CCOCC3)s2)cs1)Nc1ccccc1. The number of nitrogens with one attached hydrogen (secondary N) is 1. The molecule has 0 saturated carbocycles. The summed E-state index contributed by atoms with van der Waals surface area (Å²) in [4.78, 5) is 18.9.